The number of carbonyl (C=O) groups is 1. The van der Waals surface area contributed by atoms with Crippen molar-refractivity contribution in [2.24, 2.45) is 0 Å². The van der Waals surface area contributed by atoms with E-state index in [1.807, 2.05) is 33.2 Å². The number of aromatic nitrogens is 2. The topological polar surface area (TPSA) is 58.6 Å². The third-order valence-corrected chi connectivity index (χ3v) is 4.04. The van der Waals surface area contributed by atoms with Gasteiger partial charge in [0.1, 0.15) is 5.60 Å². The Kier molecular flexibility index (Phi) is 5.06. The summed E-state index contributed by atoms with van der Waals surface area (Å²) in [5.74, 6) is 0.722. The van der Waals surface area contributed by atoms with Gasteiger partial charge in [0.05, 0.1) is 0 Å². The minimum absolute atomic E-state index is 0.0412. The first-order valence-electron chi connectivity index (χ1n) is 8.54. The molecular formula is C18H30N4O2. The monoisotopic (exact) mass is 334 g/mol. The lowest BCUT2D eigenvalue weighted by Gasteiger charge is -2.40. The van der Waals surface area contributed by atoms with Gasteiger partial charge in [-0.25, -0.2) is 14.8 Å². The average Bonchev–Trinajstić information content (AvgIpc) is 2.44. The molecule has 0 radical (unpaired) electrons. The van der Waals surface area contributed by atoms with E-state index in [9.17, 15) is 4.79 Å². The van der Waals surface area contributed by atoms with Gasteiger partial charge in [-0.05, 0) is 38.7 Å². The number of nitrogens with zero attached hydrogens (tertiary/aromatic N) is 4. The van der Waals surface area contributed by atoms with Crippen molar-refractivity contribution in [1.82, 2.24) is 14.9 Å². The normalized spacial score (nSPS) is 19.4. The lowest BCUT2D eigenvalue weighted by molar-refractivity contribution is 0.0218. The zero-order valence-electron chi connectivity index (χ0n) is 16.0. The fourth-order valence-corrected chi connectivity index (χ4v) is 2.60. The highest BCUT2D eigenvalue weighted by Gasteiger charge is 2.31. The van der Waals surface area contributed by atoms with Crippen molar-refractivity contribution < 1.29 is 9.53 Å². The van der Waals surface area contributed by atoms with E-state index in [0.717, 1.165) is 11.5 Å². The molecule has 6 nitrogen and oxygen atoms in total. The summed E-state index contributed by atoms with van der Waals surface area (Å²) in [6.45, 7) is 16.1. The maximum atomic E-state index is 12.2. The number of hydrogen-bond donors (Lipinski definition) is 0. The second-order valence-corrected chi connectivity index (χ2v) is 8.49. The van der Waals surface area contributed by atoms with E-state index >= 15 is 0 Å². The van der Waals surface area contributed by atoms with Gasteiger partial charge in [0, 0.05) is 38.1 Å². The predicted molar refractivity (Wildman–Crippen MR) is 95.3 cm³/mol. The van der Waals surface area contributed by atoms with Crippen LogP contribution in [0.4, 0.5) is 10.7 Å². The first-order chi connectivity index (χ1) is 11.0. The van der Waals surface area contributed by atoms with Crippen LogP contribution in [-0.2, 0) is 10.2 Å². The molecule has 1 saturated heterocycles. The van der Waals surface area contributed by atoms with Crippen molar-refractivity contribution >= 4 is 12.0 Å². The maximum Gasteiger partial charge on any atom is 0.410 e. The van der Waals surface area contributed by atoms with E-state index in [1.165, 1.54) is 0 Å². The van der Waals surface area contributed by atoms with Crippen LogP contribution < -0.4 is 4.90 Å². The minimum Gasteiger partial charge on any atom is -0.444 e. The number of ether oxygens (including phenoxy) is 1. The summed E-state index contributed by atoms with van der Waals surface area (Å²) in [7, 11) is 0. The third kappa shape index (κ3) is 4.58. The molecule has 24 heavy (non-hydrogen) atoms. The molecule has 1 unspecified atom stereocenters. The standard InChI is InChI=1S/C18H30N4O2/c1-13-12-21(16(23)24-18(5,6)7)8-9-22(13)15-19-10-14(11-20-15)17(2,3)4/h10-11,13H,8-9,12H2,1-7H3. The smallest absolute Gasteiger partial charge is 0.410 e. The first-order valence-corrected chi connectivity index (χ1v) is 8.54. The molecule has 1 amide bonds. The Labute approximate surface area is 145 Å². The second-order valence-electron chi connectivity index (χ2n) is 8.49. The van der Waals surface area contributed by atoms with Gasteiger partial charge in [0.2, 0.25) is 5.95 Å². The summed E-state index contributed by atoms with van der Waals surface area (Å²) in [5, 5.41) is 0. The molecular weight excluding hydrogens is 304 g/mol. The maximum absolute atomic E-state index is 12.2. The highest BCUT2D eigenvalue weighted by atomic mass is 16.6. The molecule has 0 aliphatic carbocycles. The van der Waals surface area contributed by atoms with E-state index in [-0.39, 0.29) is 17.6 Å². The Balaban J connectivity index is 2.02. The molecule has 134 valence electrons. The SMILES string of the molecule is CC1CN(C(=O)OC(C)(C)C)CCN1c1ncc(C(C)(C)C)cn1. The number of anilines is 1. The average molecular weight is 334 g/mol. The molecule has 1 aromatic heterocycles. The molecule has 1 aliphatic heterocycles. The van der Waals surface area contributed by atoms with Crippen molar-refractivity contribution in [1.29, 1.82) is 0 Å². The number of piperazine rings is 1. The molecule has 0 bridgehead atoms. The van der Waals surface area contributed by atoms with Crippen LogP contribution in [0.25, 0.3) is 0 Å². The van der Waals surface area contributed by atoms with Gasteiger partial charge in [0.15, 0.2) is 0 Å². The summed E-state index contributed by atoms with van der Waals surface area (Å²) in [5.41, 5.74) is 0.689. The molecule has 1 atom stereocenters. The lowest BCUT2D eigenvalue weighted by Crippen LogP contribution is -2.55. The van der Waals surface area contributed by atoms with E-state index in [2.05, 4.69) is 42.6 Å². The Morgan fingerprint density at radius 3 is 2.17 bits per heavy atom. The van der Waals surface area contributed by atoms with E-state index < -0.39 is 5.60 Å². The molecule has 2 heterocycles. The number of carbonyl (C=O) groups excluding carboxylic acids is 1. The zero-order valence-corrected chi connectivity index (χ0v) is 16.0. The van der Waals surface area contributed by atoms with Crippen molar-refractivity contribution in [3.63, 3.8) is 0 Å². The van der Waals surface area contributed by atoms with Crippen LogP contribution in [-0.4, -0.2) is 52.2 Å². The molecule has 6 heteroatoms. The first kappa shape index (κ1) is 18.5. The Hall–Kier alpha value is -1.85. The van der Waals surface area contributed by atoms with Gasteiger partial charge in [0.25, 0.3) is 0 Å². The van der Waals surface area contributed by atoms with E-state index in [4.69, 9.17) is 4.74 Å². The van der Waals surface area contributed by atoms with Gasteiger partial charge >= 0.3 is 6.09 Å². The highest BCUT2D eigenvalue weighted by Crippen LogP contribution is 2.23. The quantitative estimate of drug-likeness (QED) is 0.789. The fraction of sp³-hybridized carbons (Fsp3) is 0.722. The zero-order chi connectivity index (χ0) is 18.1. The van der Waals surface area contributed by atoms with Crippen LogP contribution in [0.2, 0.25) is 0 Å². The fourth-order valence-electron chi connectivity index (χ4n) is 2.60. The lowest BCUT2D eigenvalue weighted by atomic mass is 9.89. The van der Waals surface area contributed by atoms with Crippen molar-refractivity contribution in [2.75, 3.05) is 24.5 Å². The molecule has 0 saturated carbocycles. The Morgan fingerprint density at radius 2 is 1.71 bits per heavy atom. The summed E-state index contributed by atoms with van der Waals surface area (Å²) < 4.78 is 5.46. The summed E-state index contributed by atoms with van der Waals surface area (Å²) in [6, 6.07) is 0.145. The van der Waals surface area contributed by atoms with Gasteiger partial charge in [-0.15, -0.1) is 0 Å². The molecule has 0 N–H and O–H groups in total. The van der Waals surface area contributed by atoms with Gasteiger partial charge in [-0.2, -0.15) is 0 Å². The number of hydrogen-bond acceptors (Lipinski definition) is 5. The largest absolute Gasteiger partial charge is 0.444 e. The summed E-state index contributed by atoms with van der Waals surface area (Å²) in [4.78, 5) is 25.2. The molecule has 0 spiro atoms. The second kappa shape index (κ2) is 6.57. The van der Waals surface area contributed by atoms with E-state index in [1.54, 1.807) is 4.90 Å². The van der Waals surface area contributed by atoms with Crippen LogP contribution in [0.3, 0.4) is 0 Å². The van der Waals surface area contributed by atoms with Crippen molar-refractivity contribution in [3.05, 3.63) is 18.0 Å². The predicted octanol–water partition coefficient (Wildman–Crippen LogP) is 3.22. The molecule has 1 fully saturated rings. The van der Waals surface area contributed by atoms with Crippen molar-refractivity contribution in [3.8, 4) is 0 Å². The number of amides is 1. The van der Waals surface area contributed by atoms with Crippen LogP contribution >= 0.6 is 0 Å². The molecule has 1 aromatic rings. The highest BCUT2D eigenvalue weighted by molar-refractivity contribution is 5.68. The van der Waals surface area contributed by atoms with Gasteiger partial charge in [-0.1, -0.05) is 20.8 Å². The van der Waals surface area contributed by atoms with Crippen LogP contribution in [0, 0.1) is 0 Å². The van der Waals surface area contributed by atoms with E-state index in [0.29, 0.717) is 19.6 Å². The van der Waals surface area contributed by atoms with Crippen LogP contribution in [0.5, 0.6) is 0 Å². The summed E-state index contributed by atoms with van der Waals surface area (Å²) >= 11 is 0. The molecule has 1 aliphatic rings. The minimum atomic E-state index is -0.469. The van der Waals surface area contributed by atoms with Gasteiger partial charge < -0.3 is 14.5 Å². The van der Waals surface area contributed by atoms with Crippen LogP contribution in [0.15, 0.2) is 12.4 Å². The Bertz CT molecular complexity index is 572. The molecule has 0 aromatic carbocycles. The van der Waals surface area contributed by atoms with Gasteiger partial charge in [-0.3, -0.25) is 0 Å². The van der Waals surface area contributed by atoms with Crippen LogP contribution in [0.1, 0.15) is 54.0 Å². The van der Waals surface area contributed by atoms with Crippen molar-refractivity contribution in [2.45, 2.75) is 65.5 Å². The summed E-state index contributed by atoms with van der Waals surface area (Å²) in [6.07, 6.45) is 3.54. The number of rotatable bonds is 1. The third-order valence-electron chi connectivity index (χ3n) is 4.04. The Morgan fingerprint density at radius 1 is 1.12 bits per heavy atom. The molecule has 2 rings (SSSR count).